The van der Waals surface area contributed by atoms with E-state index in [1.165, 1.54) is 24.3 Å². The SMILES string of the molecule is CCC(c1nc2ccccc2c(=O)n1C)N1CCN(C(=O)c2ccc([N+](=O)[O-])cc2)CC1. The third-order valence-electron chi connectivity index (χ3n) is 6.07. The van der Waals surface area contributed by atoms with Crippen LogP contribution in [0.4, 0.5) is 5.69 Å². The fourth-order valence-corrected chi connectivity index (χ4v) is 4.28. The van der Waals surface area contributed by atoms with Gasteiger partial charge in [-0.05, 0) is 30.7 Å². The van der Waals surface area contributed by atoms with E-state index in [1.54, 1.807) is 22.6 Å². The number of nitro groups is 1. The molecule has 0 aliphatic carbocycles. The van der Waals surface area contributed by atoms with Crippen LogP contribution >= 0.6 is 0 Å². The zero-order valence-corrected chi connectivity index (χ0v) is 18.1. The van der Waals surface area contributed by atoms with Gasteiger partial charge in [0.05, 0.1) is 21.9 Å². The van der Waals surface area contributed by atoms with Gasteiger partial charge in [-0.2, -0.15) is 0 Å². The second kappa shape index (κ2) is 8.88. The summed E-state index contributed by atoms with van der Waals surface area (Å²) >= 11 is 0. The van der Waals surface area contributed by atoms with E-state index in [0.29, 0.717) is 42.6 Å². The third kappa shape index (κ3) is 3.99. The van der Waals surface area contributed by atoms with Crippen molar-refractivity contribution in [3.8, 4) is 0 Å². The molecule has 0 radical (unpaired) electrons. The Morgan fingerprint density at radius 3 is 2.38 bits per heavy atom. The third-order valence-corrected chi connectivity index (χ3v) is 6.07. The smallest absolute Gasteiger partial charge is 0.269 e. The van der Waals surface area contributed by atoms with Crippen molar-refractivity contribution in [2.75, 3.05) is 26.2 Å². The van der Waals surface area contributed by atoms with Crippen LogP contribution in [0.2, 0.25) is 0 Å². The van der Waals surface area contributed by atoms with E-state index in [0.717, 1.165) is 12.2 Å². The molecule has 1 atom stereocenters. The van der Waals surface area contributed by atoms with Crippen molar-refractivity contribution < 1.29 is 9.72 Å². The van der Waals surface area contributed by atoms with E-state index in [-0.39, 0.29) is 23.2 Å². The number of carbonyl (C=O) groups excluding carboxylic acids is 1. The number of para-hydroxylation sites is 1. The van der Waals surface area contributed by atoms with Crippen LogP contribution < -0.4 is 5.56 Å². The van der Waals surface area contributed by atoms with Gasteiger partial charge in [-0.1, -0.05) is 19.1 Å². The van der Waals surface area contributed by atoms with Crippen LogP contribution in [0.15, 0.2) is 53.3 Å². The van der Waals surface area contributed by atoms with E-state index in [9.17, 15) is 19.7 Å². The molecule has 1 fully saturated rings. The van der Waals surface area contributed by atoms with Gasteiger partial charge in [-0.3, -0.25) is 29.2 Å². The lowest BCUT2D eigenvalue weighted by molar-refractivity contribution is -0.384. The van der Waals surface area contributed by atoms with Gasteiger partial charge in [0, 0.05) is 50.9 Å². The van der Waals surface area contributed by atoms with Gasteiger partial charge in [0.25, 0.3) is 17.2 Å². The van der Waals surface area contributed by atoms with Crippen LogP contribution in [0.5, 0.6) is 0 Å². The first-order valence-electron chi connectivity index (χ1n) is 10.6. The Bertz CT molecular complexity index is 1210. The monoisotopic (exact) mass is 435 g/mol. The first kappa shape index (κ1) is 21.6. The predicted molar refractivity (Wildman–Crippen MR) is 121 cm³/mol. The standard InChI is InChI=1S/C23H25N5O4/c1-3-20(21-24-19-7-5-4-6-18(19)23(30)25(21)2)26-12-14-27(15-13-26)22(29)16-8-10-17(11-9-16)28(31)32/h4-11,20H,3,12-15H2,1-2H3. The molecule has 0 spiro atoms. The highest BCUT2D eigenvalue weighted by Gasteiger charge is 2.29. The van der Waals surface area contributed by atoms with E-state index >= 15 is 0 Å². The molecule has 0 N–H and O–H groups in total. The summed E-state index contributed by atoms with van der Waals surface area (Å²) in [4.78, 5) is 44.8. The minimum absolute atomic E-state index is 0.0334. The van der Waals surface area contributed by atoms with Crippen molar-refractivity contribution in [3.05, 3.63) is 80.4 Å². The highest BCUT2D eigenvalue weighted by molar-refractivity contribution is 5.94. The number of nitrogens with zero attached hydrogens (tertiary/aromatic N) is 5. The lowest BCUT2D eigenvalue weighted by Crippen LogP contribution is -2.50. The summed E-state index contributed by atoms with van der Waals surface area (Å²) in [5, 5.41) is 11.4. The number of benzene rings is 2. The highest BCUT2D eigenvalue weighted by Crippen LogP contribution is 2.25. The molecule has 1 aliphatic heterocycles. The Morgan fingerprint density at radius 2 is 1.75 bits per heavy atom. The first-order chi connectivity index (χ1) is 15.4. The number of non-ortho nitro benzene ring substituents is 1. The number of amides is 1. The molecule has 1 amide bonds. The van der Waals surface area contributed by atoms with Crippen molar-refractivity contribution in [2.45, 2.75) is 19.4 Å². The Morgan fingerprint density at radius 1 is 1.09 bits per heavy atom. The topological polar surface area (TPSA) is 102 Å². The Balaban J connectivity index is 1.50. The van der Waals surface area contributed by atoms with Crippen molar-refractivity contribution >= 4 is 22.5 Å². The molecule has 1 unspecified atom stereocenters. The molecule has 32 heavy (non-hydrogen) atoms. The van der Waals surface area contributed by atoms with Gasteiger partial charge >= 0.3 is 0 Å². The fraction of sp³-hybridized carbons (Fsp3) is 0.348. The zero-order valence-electron chi connectivity index (χ0n) is 18.1. The number of hydrogen-bond donors (Lipinski definition) is 0. The van der Waals surface area contributed by atoms with E-state index in [1.807, 2.05) is 18.2 Å². The number of rotatable bonds is 5. The lowest BCUT2D eigenvalue weighted by atomic mass is 10.1. The molecule has 2 aromatic carbocycles. The number of carbonyl (C=O) groups is 1. The molecule has 9 heteroatoms. The number of nitro benzene ring substituents is 1. The van der Waals surface area contributed by atoms with Crippen LogP contribution in [0.25, 0.3) is 10.9 Å². The summed E-state index contributed by atoms with van der Waals surface area (Å²) in [6.45, 7) is 4.45. The number of piperazine rings is 1. The minimum Gasteiger partial charge on any atom is -0.336 e. The second-order valence-corrected chi connectivity index (χ2v) is 7.91. The number of aromatic nitrogens is 2. The molecule has 9 nitrogen and oxygen atoms in total. The van der Waals surface area contributed by atoms with Crippen LogP contribution in [0.1, 0.15) is 35.6 Å². The van der Waals surface area contributed by atoms with Crippen molar-refractivity contribution in [1.29, 1.82) is 0 Å². The number of hydrogen-bond acceptors (Lipinski definition) is 6. The van der Waals surface area contributed by atoms with Gasteiger partial charge in [-0.25, -0.2) is 4.98 Å². The predicted octanol–water partition coefficient (Wildman–Crippen LogP) is 2.75. The van der Waals surface area contributed by atoms with Crippen LogP contribution in [-0.4, -0.2) is 56.4 Å². The van der Waals surface area contributed by atoms with Crippen LogP contribution in [0, 0.1) is 10.1 Å². The second-order valence-electron chi connectivity index (χ2n) is 7.91. The van der Waals surface area contributed by atoms with Gasteiger partial charge in [0.2, 0.25) is 0 Å². The Hall–Kier alpha value is -3.59. The maximum atomic E-state index is 12.8. The molecule has 2 heterocycles. The Labute approximate surface area is 185 Å². The van der Waals surface area contributed by atoms with Gasteiger partial charge in [0.1, 0.15) is 5.82 Å². The molecule has 0 bridgehead atoms. The average molecular weight is 435 g/mol. The fourth-order valence-electron chi connectivity index (χ4n) is 4.28. The zero-order chi connectivity index (χ0) is 22.8. The molecule has 1 saturated heterocycles. The van der Waals surface area contributed by atoms with Gasteiger partial charge in [0.15, 0.2) is 0 Å². The maximum Gasteiger partial charge on any atom is 0.269 e. The van der Waals surface area contributed by atoms with E-state index in [2.05, 4.69) is 11.8 Å². The molecule has 4 rings (SSSR count). The maximum absolute atomic E-state index is 12.8. The van der Waals surface area contributed by atoms with Gasteiger partial charge < -0.3 is 4.90 Å². The largest absolute Gasteiger partial charge is 0.336 e. The average Bonchev–Trinajstić information content (AvgIpc) is 2.82. The molecule has 0 saturated carbocycles. The summed E-state index contributed by atoms with van der Waals surface area (Å²) in [6.07, 6.45) is 0.787. The Kier molecular flexibility index (Phi) is 6.00. The summed E-state index contributed by atoms with van der Waals surface area (Å²) in [7, 11) is 1.76. The van der Waals surface area contributed by atoms with Crippen LogP contribution in [0.3, 0.4) is 0 Å². The van der Waals surface area contributed by atoms with E-state index in [4.69, 9.17) is 4.98 Å². The van der Waals surface area contributed by atoms with E-state index < -0.39 is 4.92 Å². The summed E-state index contributed by atoms with van der Waals surface area (Å²) < 4.78 is 1.63. The van der Waals surface area contributed by atoms with Gasteiger partial charge in [-0.15, -0.1) is 0 Å². The summed E-state index contributed by atoms with van der Waals surface area (Å²) in [5.41, 5.74) is 1.03. The van der Waals surface area contributed by atoms with Crippen LogP contribution in [-0.2, 0) is 7.05 Å². The normalized spacial score (nSPS) is 15.6. The lowest BCUT2D eigenvalue weighted by Gasteiger charge is -2.39. The first-order valence-corrected chi connectivity index (χ1v) is 10.6. The molecular weight excluding hydrogens is 410 g/mol. The minimum atomic E-state index is -0.480. The molecular formula is C23H25N5O4. The molecule has 166 valence electrons. The number of fused-ring (bicyclic) bond motifs is 1. The molecule has 1 aromatic heterocycles. The van der Waals surface area contributed by atoms with Crippen molar-refractivity contribution in [1.82, 2.24) is 19.4 Å². The van der Waals surface area contributed by atoms with Crippen molar-refractivity contribution in [3.63, 3.8) is 0 Å². The van der Waals surface area contributed by atoms with Crippen molar-refractivity contribution in [2.24, 2.45) is 7.05 Å². The summed E-state index contributed by atoms with van der Waals surface area (Å²) in [6, 6.07) is 13.0. The molecule has 1 aliphatic rings. The highest BCUT2D eigenvalue weighted by atomic mass is 16.6. The molecule has 3 aromatic rings. The quantitative estimate of drug-likeness (QED) is 0.451. The summed E-state index contributed by atoms with van der Waals surface area (Å²) in [5.74, 6) is 0.593.